The average molecular weight is 369 g/mol. The van der Waals surface area contributed by atoms with Crippen molar-refractivity contribution in [1.29, 1.82) is 0 Å². The van der Waals surface area contributed by atoms with E-state index in [0.29, 0.717) is 4.47 Å². The van der Waals surface area contributed by atoms with Gasteiger partial charge in [-0.1, -0.05) is 0 Å². The molecule has 0 radical (unpaired) electrons. The number of halogens is 1. The zero-order valence-corrected chi connectivity index (χ0v) is 12.7. The lowest BCUT2D eigenvalue weighted by molar-refractivity contribution is -0.385. The molecule has 114 valence electrons. The van der Waals surface area contributed by atoms with Crippen LogP contribution in [0.5, 0.6) is 5.75 Å². The fraction of sp³-hybridized carbons (Fsp3) is 0.0833. The van der Waals surface area contributed by atoms with Gasteiger partial charge in [0.1, 0.15) is 0 Å². The highest BCUT2D eigenvalue weighted by molar-refractivity contribution is 9.10. The van der Waals surface area contributed by atoms with Gasteiger partial charge in [0.15, 0.2) is 5.75 Å². The Morgan fingerprint density at radius 1 is 1.18 bits per heavy atom. The van der Waals surface area contributed by atoms with Crippen molar-refractivity contribution in [3.8, 4) is 5.75 Å². The van der Waals surface area contributed by atoms with Crippen LogP contribution >= 0.6 is 15.9 Å². The van der Waals surface area contributed by atoms with Gasteiger partial charge in [-0.15, -0.1) is 0 Å². The largest absolute Gasteiger partial charge is 0.490 e. The second-order valence-electron chi connectivity index (χ2n) is 4.05. The minimum atomic E-state index is -0.604. The predicted molar refractivity (Wildman–Crippen MR) is 81.5 cm³/mol. The number of nitrogens with zero attached hydrogens (tertiary/aromatic N) is 3. The second kappa shape index (κ2) is 6.35. The van der Waals surface area contributed by atoms with E-state index < -0.39 is 9.85 Å². The lowest BCUT2D eigenvalue weighted by atomic mass is 10.2. The molecule has 9 nitrogen and oxygen atoms in total. The van der Waals surface area contributed by atoms with Crippen LogP contribution in [0.3, 0.4) is 0 Å². The van der Waals surface area contributed by atoms with Crippen molar-refractivity contribution in [2.24, 2.45) is 0 Å². The Bertz CT molecular complexity index is 752. The summed E-state index contributed by atoms with van der Waals surface area (Å²) in [6.07, 6.45) is 1.38. The first kappa shape index (κ1) is 15.6. The Labute approximate surface area is 132 Å². The topological polar surface area (TPSA) is 120 Å². The minimum absolute atomic E-state index is 0.0207. The molecule has 0 fully saturated rings. The summed E-state index contributed by atoms with van der Waals surface area (Å²) in [5.41, 5.74) is -0.231. The molecular weight excluding hydrogens is 360 g/mol. The van der Waals surface area contributed by atoms with Gasteiger partial charge in [-0.3, -0.25) is 20.2 Å². The van der Waals surface area contributed by atoms with Crippen LogP contribution in [-0.2, 0) is 0 Å². The quantitative estimate of drug-likeness (QED) is 0.633. The van der Waals surface area contributed by atoms with Crippen molar-refractivity contribution in [1.82, 2.24) is 4.98 Å². The summed E-state index contributed by atoms with van der Waals surface area (Å²) in [5.74, 6) is 0.0708. The van der Waals surface area contributed by atoms with Gasteiger partial charge in [0.2, 0.25) is 5.82 Å². The molecule has 0 saturated heterocycles. The first-order valence-corrected chi connectivity index (χ1v) is 6.61. The molecule has 0 saturated carbocycles. The highest BCUT2D eigenvalue weighted by Crippen LogP contribution is 2.33. The number of hydrogen-bond acceptors (Lipinski definition) is 7. The molecule has 2 aromatic rings. The molecule has 1 N–H and O–H groups in total. The third-order valence-corrected chi connectivity index (χ3v) is 3.10. The molecule has 1 aromatic carbocycles. The van der Waals surface area contributed by atoms with Crippen molar-refractivity contribution in [3.63, 3.8) is 0 Å². The van der Waals surface area contributed by atoms with Crippen LogP contribution in [0.4, 0.5) is 22.9 Å². The van der Waals surface area contributed by atoms with E-state index in [-0.39, 0.29) is 28.6 Å². The van der Waals surface area contributed by atoms with Gasteiger partial charge in [-0.05, 0) is 28.1 Å². The van der Waals surface area contributed by atoms with Gasteiger partial charge < -0.3 is 10.1 Å². The van der Waals surface area contributed by atoms with Gasteiger partial charge in [-0.2, -0.15) is 0 Å². The molecule has 22 heavy (non-hydrogen) atoms. The van der Waals surface area contributed by atoms with E-state index in [1.54, 1.807) is 0 Å². The molecule has 0 aliphatic heterocycles. The van der Waals surface area contributed by atoms with Gasteiger partial charge in [0, 0.05) is 28.5 Å². The van der Waals surface area contributed by atoms with Gasteiger partial charge >= 0.3 is 11.4 Å². The number of hydrogen-bond donors (Lipinski definition) is 1. The summed E-state index contributed by atoms with van der Waals surface area (Å²) >= 11 is 3.10. The maximum Gasteiger partial charge on any atom is 0.312 e. The highest BCUT2D eigenvalue weighted by atomic mass is 79.9. The van der Waals surface area contributed by atoms with E-state index in [2.05, 4.69) is 26.2 Å². The number of ether oxygens (including phenoxy) is 1. The Morgan fingerprint density at radius 2 is 1.86 bits per heavy atom. The lowest BCUT2D eigenvalue weighted by Crippen LogP contribution is -2.01. The van der Waals surface area contributed by atoms with Crippen molar-refractivity contribution in [2.45, 2.75) is 0 Å². The number of anilines is 2. The Hall–Kier alpha value is -2.75. The standard InChI is InChI=1S/C12H9BrN4O5/c1-22-11-3-2-8(5-9(11)16(18)19)15-12-10(17(20)21)4-7(13)6-14-12/h2-6H,1H3,(H,14,15). The van der Waals surface area contributed by atoms with Crippen LogP contribution in [0.1, 0.15) is 0 Å². The molecule has 1 aromatic heterocycles. The third-order valence-electron chi connectivity index (χ3n) is 2.67. The van der Waals surface area contributed by atoms with Crippen LogP contribution in [-0.4, -0.2) is 21.9 Å². The third kappa shape index (κ3) is 3.28. The summed E-state index contributed by atoms with van der Waals surface area (Å²) in [6, 6.07) is 5.39. The van der Waals surface area contributed by atoms with Crippen LogP contribution in [0.2, 0.25) is 0 Å². The monoisotopic (exact) mass is 368 g/mol. The van der Waals surface area contributed by atoms with Crippen LogP contribution in [0, 0.1) is 20.2 Å². The SMILES string of the molecule is COc1ccc(Nc2ncc(Br)cc2[N+](=O)[O-])cc1[N+](=O)[O-]. The zero-order chi connectivity index (χ0) is 16.3. The molecule has 0 atom stereocenters. The Kier molecular flexibility index (Phi) is 4.51. The molecule has 0 amide bonds. The van der Waals surface area contributed by atoms with Crippen molar-refractivity contribution in [3.05, 3.63) is 55.2 Å². The molecule has 1 heterocycles. The predicted octanol–water partition coefficient (Wildman–Crippen LogP) is 3.41. The highest BCUT2D eigenvalue weighted by Gasteiger charge is 2.19. The molecule has 0 spiro atoms. The molecule has 0 unspecified atom stereocenters. The van der Waals surface area contributed by atoms with E-state index in [0.717, 1.165) is 0 Å². The van der Waals surface area contributed by atoms with Gasteiger partial charge in [0.25, 0.3) is 0 Å². The number of pyridine rings is 1. The van der Waals surface area contributed by atoms with Crippen LogP contribution in [0.15, 0.2) is 34.9 Å². The summed E-state index contributed by atoms with van der Waals surface area (Å²) in [6.45, 7) is 0. The average Bonchev–Trinajstić information content (AvgIpc) is 2.48. The van der Waals surface area contributed by atoms with E-state index in [1.807, 2.05) is 0 Å². The van der Waals surface area contributed by atoms with Crippen molar-refractivity contribution in [2.75, 3.05) is 12.4 Å². The molecule has 0 aliphatic carbocycles. The summed E-state index contributed by atoms with van der Waals surface area (Å²) in [7, 11) is 1.32. The number of rotatable bonds is 5. The first-order chi connectivity index (χ1) is 10.4. The van der Waals surface area contributed by atoms with Crippen LogP contribution < -0.4 is 10.1 Å². The number of nitro benzene ring substituents is 1. The molecule has 0 aliphatic rings. The molecule has 10 heteroatoms. The fourth-order valence-electron chi connectivity index (χ4n) is 1.71. The number of methoxy groups -OCH3 is 1. The van der Waals surface area contributed by atoms with Crippen LogP contribution in [0.25, 0.3) is 0 Å². The van der Waals surface area contributed by atoms with E-state index in [1.165, 1.54) is 37.6 Å². The number of nitro groups is 2. The van der Waals surface area contributed by atoms with Gasteiger partial charge in [0.05, 0.1) is 17.0 Å². The molecule has 0 bridgehead atoms. The zero-order valence-electron chi connectivity index (χ0n) is 11.1. The second-order valence-corrected chi connectivity index (χ2v) is 4.96. The van der Waals surface area contributed by atoms with Crippen molar-refractivity contribution >= 4 is 38.8 Å². The molecule has 2 rings (SSSR count). The van der Waals surface area contributed by atoms with Gasteiger partial charge in [-0.25, -0.2) is 4.98 Å². The Morgan fingerprint density at radius 3 is 2.45 bits per heavy atom. The number of benzene rings is 1. The smallest absolute Gasteiger partial charge is 0.312 e. The molecular formula is C12H9BrN4O5. The first-order valence-electron chi connectivity index (χ1n) is 5.81. The Balaban J connectivity index is 2.41. The number of aromatic nitrogens is 1. The van der Waals surface area contributed by atoms with E-state index >= 15 is 0 Å². The van der Waals surface area contributed by atoms with Crippen molar-refractivity contribution < 1.29 is 14.6 Å². The normalized spacial score (nSPS) is 10.1. The fourth-order valence-corrected chi connectivity index (χ4v) is 2.03. The summed E-state index contributed by atoms with van der Waals surface area (Å²) in [4.78, 5) is 24.7. The maximum absolute atomic E-state index is 11.0. The van der Waals surface area contributed by atoms with E-state index in [9.17, 15) is 20.2 Å². The summed E-state index contributed by atoms with van der Waals surface area (Å²) in [5, 5.41) is 24.7. The maximum atomic E-state index is 11.0. The van der Waals surface area contributed by atoms with E-state index in [4.69, 9.17) is 4.74 Å². The number of nitrogens with one attached hydrogen (secondary N) is 1. The summed E-state index contributed by atoms with van der Waals surface area (Å²) < 4.78 is 5.34. The minimum Gasteiger partial charge on any atom is -0.490 e. The lowest BCUT2D eigenvalue weighted by Gasteiger charge is -2.08.